The Morgan fingerprint density at radius 2 is 1.32 bits per heavy atom. The molecule has 2 aromatic carbocycles. The quantitative estimate of drug-likeness (QED) is 0.184. The van der Waals surface area contributed by atoms with Crippen LogP contribution in [0.15, 0.2) is 97.3 Å². The molecule has 0 unspecified atom stereocenters. The Hall–Kier alpha value is -4.39. The van der Waals surface area contributed by atoms with E-state index in [1.165, 1.54) is 5.56 Å². The predicted molar refractivity (Wildman–Crippen MR) is 146 cm³/mol. The van der Waals surface area contributed by atoms with Gasteiger partial charge in [0.1, 0.15) is 0 Å². The topological polar surface area (TPSA) is 65.7 Å². The maximum atomic E-state index is 13.9. The summed E-state index contributed by atoms with van der Waals surface area (Å²) in [7, 11) is 0. The van der Waals surface area contributed by atoms with Crippen molar-refractivity contribution in [3.63, 3.8) is 0 Å². The first-order valence-electron chi connectivity index (χ1n) is 12.2. The molecule has 0 radical (unpaired) electrons. The minimum Gasteiger partial charge on any atom is -0.574 e. The summed E-state index contributed by atoms with van der Waals surface area (Å²) >= 11 is 0. The number of aromatic nitrogens is 5. The van der Waals surface area contributed by atoms with Crippen LogP contribution in [-0.2, 0) is 20.1 Å². The molecule has 198 valence electrons. The Labute approximate surface area is 244 Å². The molecule has 0 fully saturated rings. The summed E-state index contributed by atoms with van der Waals surface area (Å²) in [6.07, 6.45) is 3.10. The van der Waals surface area contributed by atoms with Crippen LogP contribution in [0.4, 0.5) is 8.78 Å². The van der Waals surface area contributed by atoms with Crippen molar-refractivity contribution in [1.29, 1.82) is 0 Å². The maximum absolute atomic E-state index is 13.9. The molecule has 0 saturated carbocycles. The van der Waals surface area contributed by atoms with E-state index in [2.05, 4.69) is 43.3 Å². The zero-order valence-electron chi connectivity index (χ0n) is 21.6. The number of nitrogens with zero attached hydrogens (tertiary/aromatic N) is 5. The van der Waals surface area contributed by atoms with Gasteiger partial charge in [-0.25, -0.2) is 0 Å². The Morgan fingerprint density at radius 1 is 0.700 bits per heavy atom. The second-order valence-electron chi connectivity index (χ2n) is 8.70. The summed E-state index contributed by atoms with van der Waals surface area (Å²) in [6.45, 7) is 3.97. The third-order valence-electron chi connectivity index (χ3n) is 5.74. The molecule has 0 amide bonds. The van der Waals surface area contributed by atoms with Crippen LogP contribution in [0.25, 0.3) is 45.2 Å². The van der Waals surface area contributed by atoms with E-state index in [0.717, 1.165) is 34.4 Å². The van der Waals surface area contributed by atoms with E-state index in [9.17, 15) is 8.78 Å². The van der Waals surface area contributed by atoms with Crippen LogP contribution in [0, 0.1) is 37.6 Å². The van der Waals surface area contributed by atoms with Crippen molar-refractivity contribution in [2.75, 3.05) is 0 Å². The van der Waals surface area contributed by atoms with Gasteiger partial charge in [0.05, 0.1) is 11.6 Å². The molecule has 0 aliphatic rings. The third kappa shape index (κ3) is 6.78. The monoisotopic (exact) mass is 707 g/mol. The van der Waals surface area contributed by atoms with Crippen LogP contribution >= 0.6 is 0 Å². The second-order valence-corrected chi connectivity index (χ2v) is 8.70. The number of hydrogen-bond acceptors (Lipinski definition) is 4. The van der Waals surface area contributed by atoms with Crippen LogP contribution in [0.3, 0.4) is 0 Å². The van der Waals surface area contributed by atoms with Crippen molar-refractivity contribution in [1.82, 2.24) is 25.1 Å². The number of aryl methyl sites for hydroxylation is 2. The van der Waals surface area contributed by atoms with Crippen molar-refractivity contribution in [2.24, 2.45) is 0 Å². The summed E-state index contributed by atoms with van der Waals surface area (Å²) in [5.74, 6) is -1.39. The average molecular weight is 707 g/mol. The molecule has 6 aromatic rings. The van der Waals surface area contributed by atoms with Crippen molar-refractivity contribution >= 4 is 0 Å². The molecule has 0 spiro atoms. The van der Waals surface area contributed by atoms with Crippen LogP contribution in [0.5, 0.6) is 0 Å². The van der Waals surface area contributed by atoms with E-state index < -0.39 is 11.6 Å². The van der Waals surface area contributed by atoms with Gasteiger partial charge < -0.3 is 10.2 Å². The maximum Gasteiger partial charge on any atom is 3.00 e. The molecule has 6 rings (SSSR count). The molecule has 0 N–H and O–H groups in total. The zero-order valence-corrected chi connectivity index (χ0v) is 24.0. The summed E-state index contributed by atoms with van der Waals surface area (Å²) in [4.78, 5) is 12.7. The van der Waals surface area contributed by atoms with Gasteiger partial charge in [-0.1, -0.05) is 72.3 Å². The third-order valence-corrected chi connectivity index (χ3v) is 5.74. The van der Waals surface area contributed by atoms with Gasteiger partial charge in [-0.3, -0.25) is 23.7 Å². The normalized spacial score (nSPS) is 10.3. The van der Waals surface area contributed by atoms with Gasteiger partial charge in [0, 0.05) is 35.2 Å². The molecule has 5 nitrogen and oxygen atoms in total. The Bertz CT molecular complexity index is 1630. The summed E-state index contributed by atoms with van der Waals surface area (Å²) in [5.41, 5.74) is 6.71. The van der Waals surface area contributed by atoms with Gasteiger partial charge in [-0.2, -0.15) is 0 Å². The van der Waals surface area contributed by atoms with Gasteiger partial charge in [-0.05, 0) is 30.8 Å². The standard InChI is InChI=1S/C16H9F2N2.C16H13N3.Ir/c17-13-10-14(18)12(16-6-2-4-8-20-16)9-11(13)15-5-1-3-7-19-15;1-11-6-8-13(9-7-11)14-4-3-5-15(17-14)16-10-12(2)18-19-16;/h1-8,10H;3-8,10H,1-2H3;/q-1;-2;+3. The molecular weight excluding hydrogens is 685 g/mol. The van der Waals surface area contributed by atoms with Crippen LogP contribution in [-0.4, -0.2) is 20.1 Å². The smallest absolute Gasteiger partial charge is 0.574 e. The molecule has 4 aromatic heterocycles. The summed E-state index contributed by atoms with van der Waals surface area (Å²) in [5, 5.41) is 8.12. The average Bonchev–Trinajstić information content (AvgIpc) is 3.41. The van der Waals surface area contributed by atoms with Gasteiger partial charge in [-0.15, -0.1) is 41.5 Å². The molecule has 0 aliphatic heterocycles. The molecule has 0 saturated heterocycles. The molecule has 0 aliphatic carbocycles. The number of rotatable bonds is 4. The number of pyridine rings is 3. The van der Waals surface area contributed by atoms with Gasteiger partial charge in [0.15, 0.2) is 0 Å². The van der Waals surface area contributed by atoms with E-state index in [0.29, 0.717) is 11.4 Å². The van der Waals surface area contributed by atoms with Gasteiger partial charge in [0.2, 0.25) is 0 Å². The predicted octanol–water partition coefficient (Wildman–Crippen LogP) is 7.07. The Kier molecular flexibility index (Phi) is 9.38. The summed E-state index contributed by atoms with van der Waals surface area (Å²) < 4.78 is 27.8. The minimum atomic E-state index is -0.694. The fraction of sp³-hybridized carbons (Fsp3) is 0.0625. The van der Waals surface area contributed by atoms with Crippen molar-refractivity contribution in [2.45, 2.75) is 13.8 Å². The molecule has 4 heterocycles. The van der Waals surface area contributed by atoms with E-state index in [-0.39, 0.29) is 31.2 Å². The molecule has 0 atom stereocenters. The largest absolute Gasteiger partial charge is 3.00 e. The van der Waals surface area contributed by atoms with E-state index in [1.54, 1.807) is 48.8 Å². The number of hydrogen-bond donors (Lipinski definition) is 0. The summed E-state index contributed by atoms with van der Waals surface area (Å²) in [6, 6.07) is 30.9. The van der Waals surface area contributed by atoms with Crippen molar-refractivity contribution in [3.05, 3.63) is 132 Å². The zero-order chi connectivity index (χ0) is 27.2. The Morgan fingerprint density at radius 3 is 1.85 bits per heavy atom. The van der Waals surface area contributed by atoms with Gasteiger partial charge in [0.25, 0.3) is 0 Å². The van der Waals surface area contributed by atoms with Crippen LogP contribution in [0.2, 0.25) is 0 Å². The first-order valence-corrected chi connectivity index (χ1v) is 12.2. The molecule has 8 heteroatoms. The van der Waals surface area contributed by atoms with Crippen molar-refractivity contribution < 1.29 is 28.9 Å². The van der Waals surface area contributed by atoms with E-state index >= 15 is 0 Å². The first kappa shape index (κ1) is 28.6. The first-order chi connectivity index (χ1) is 19.0. The second kappa shape index (κ2) is 13.1. The molecule has 0 bridgehead atoms. The number of halogens is 2. The SMILES string of the molecule is Cc1c[c-]c(-c2cccc(-c3cc(C)n[n-]3)n2)cc1.Fc1cc(F)c(-c2ccccn2)[c-]c1-c1ccccn1.[Ir+3]. The van der Waals surface area contributed by atoms with E-state index in [4.69, 9.17) is 0 Å². The fourth-order valence-corrected chi connectivity index (χ4v) is 3.80. The van der Waals surface area contributed by atoms with Crippen LogP contribution < -0.4 is 5.10 Å². The van der Waals surface area contributed by atoms with Crippen LogP contribution in [0.1, 0.15) is 11.3 Å². The fourth-order valence-electron chi connectivity index (χ4n) is 3.80. The Balaban J connectivity index is 0.000000181. The van der Waals surface area contributed by atoms with Gasteiger partial charge >= 0.3 is 20.1 Å². The van der Waals surface area contributed by atoms with Crippen molar-refractivity contribution in [3.8, 4) is 45.2 Å². The minimum absolute atomic E-state index is 0. The molecular formula is C32H22F2IrN5. The molecule has 40 heavy (non-hydrogen) atoms. The van der Waals surface area contributed by atoms with E-state index in [1.807, 2.05) is 50.2 Å². The number of benzene rings is 2.